The summed E-state index contributed by atoms with van der Waals surface area (Å²) in [6.07, 6.45) is 7.85. The summed E-state index contributed by atoms with van der Waals surface area (Å²) in [5, 5.41) is 7.34. The van der Waals surface area contributed by atoms with Gasteiger partial charge in [-0.15, -0.1) is 0 Å². The van der Waals surface area contributed by atoms with E-state index in [0.717, 1.165) is 24.4 Å². The lowest BCUT2D eigenvalue weighted by Crippen LogP contribution is -2.42. The van der Waals surface area contributed by atoms with Crippen LogP contribution in [0.1, 0.15) is 51.1 Å². The Morgan fingerprint density at radius 2 is 1.96 bits per heavy atom. The maximum Gasteiger partial charge on any atom is 0.234 e. The van der Waals surface area contributed by atoms with E-state index >= 15 is 0 Å². The van der Waals surface area contributed by atoms with Gasteiger partial charge in [0, 0.05) is 12.1 Å². The predicted molar refractivity (Wildman–Crippen MR) is 102 cm³/mol. The summed E-state index contributed by atoms with van der Waals surface area (Å²) >= 11 is 0. The van der Waals surface area contributed by atoms with Crippen molar-refractivity contribution in [1.29, 1.82) is 0 Å². The molecule has 6 nitrogen and oxygen atoms in total. The Labute approximate surface area is 155 Å². The number of carbonyl (C=O) groups excluding carboxylic acids is 1. The summed E-state index contributed by atoms with van der Waals surface area (Å²) in [7, 11) is 2.00. The number of likely N-dealkylation sites (N-methyl/N-ethyl adjacent to an activating group) is 1. The molecule has 1 aromatic carbocycles. The molecule has 0 saturated heterocycles. The average Bonchev–Trinajstić information content (AvgIpc) is 3.18. The molecule has 1 saturated carbocycles. The van der Waals surface area contributed by atoms with Crippen molar-refractivity contribution in [3.8, 4) is 5.69 Å². The first-order valence-corrected chi connectivity index (χ1v) is 9.47. The summed E-state index contributed by atoms with van der Waals surface area (Å²) in [5.74, 6) is 0.921. The van der Waals surface area contributed by atoms with Gasteiger partial charge in [0.2, 0.25) is 5.91 Å². The van der Waals surface area contributed by atoms with Gasteiger partial charge in [-0.3, -0.25) is 9.69 Å². The first-order valence-electron chi connectivity index (χ1n) is 9.47. The molecular formula is C20H29N5O. The van der Waals surface area contributed by atoms with Crippen molar-refractivity contribution in [3.63, 3.8) is 0 Å². The fourth-order valence-corrected chi connectivity index (χ4v) is 3.54. The van der Waals surface area contributed by atoms with Gasteiger partial charge in [-0.25, -0.2) is 9.67 Å². The van der Waals surface area contributed by atoms with Crippen LogP contribution in [0.5, 0.6) is 0 Å². The Morgan fingerprint density at radius 3 is 2.58 bits per heavy atom. The van der Waals surface area contributed by atoms with Crippen LogP contribution in [0.2, 0.25) is 0 Å². The van der Waals surface area contributed by atoms with Gasteiger partial charge in [0.05, 0.1) is 12.2 Å². The monoisotopic (exact) mass is 355 g/mol. The quantitative estimate of drug-likeness (QED) is 0.865. The van der Waals surface area contributed by atoms with Crippen molar-refractivity contribution in [2.75, 3.05) is 13.6 Å². The van der Waals surface area contributed by atoms with E-state index in [9.17, 15) is 4.79 Å². The summed E-state index contributed by atoms with van der Waals surface area (Å²) in [5.41, 5.74) is 2.15. The number of hydrogen-bond acceptors (Lipinski definition) is 4. The smallest absolute Gasteiger partial charge is 0.234 e. The maximum atomic E-state index is 12.4. The molecule has 1 aliphatic rings. The third-order valence-electron chi connectivity index (χ3n) is 5.49. The second-order valence-corrected chi connectivity index (χ2v) is 7.55. The van der Waals surface area contributed by atoms with Crippen LogP contribution >= 0.6 is 0 Å². The molecule has 1 heterocycles. The topological polar surface area (TPSA) is 63.1 Å². The van der Waals surface area contributed by atoms with Crippen LogP contribution in [0.3, 0.4) is 0 Å². The zero-order valence-corrected chi connectivity index (χ0v) is 15.9. The molecule has 1 aliphatic carbocycles. The van der Waals surface area contributed by atoms with Crippen LogP contribution in [-0.4, -0.2) is 45.2 Å². The number of nitrogens with one attached hydrogen (secondary N) is 1. The van der Waals surface area contributed by atoms with Gasteiger partial charge >= 0.3 is 0 Å². The van der Waals surface area contributed by atoms with E-state index in [2.05, 4.69) is 46.3 Å². The van der Waals surface area contributed by atoms with Crippen LogP contribution in [0.25, 0.3) is 5.69 Å². The zero-order chi connectivity index (χ0) is 18.5. The lowest BCUT2D eigenvalue weighted by molar-refractivity contribution is -0.123. The Balaban J connectivity index is 1.52. The Bertz CT molecular complexity index is 690. The normalized spacial score (nSPS) is 21.5. The predicted octanol–water partition coefficient (Wildman–Crippen LogP) is 2.96. The van der Waals surface area contributed by atoms with Gasteiger partial charge in [0.1, 0.15) is 12.7 Å². The van der Waals surface area contributed by atoms with Crippen molar-refractivity contribution in [1.82, 2.24) is 25.0 Å². The molecule has 2 aromatic rings. The Kier molecular flexibility index (Phi) is 6.04. The standard InChI is InChI=1S/C20H29N5O/c1-15-4-8-18(9-5-15)23-20(26)12-24(3)16(2)17-6-10-19(11-7-17)25-14-21-13-22-25/h6-7,10-11,13-16,18H,4-5,8-9,12H2,1-3H3,(H,23,26). The van der Waals surface area contributed by atoms with Gasteiger partial charge in [0.25, 0.3) is 0 Å². The number of nitrogens with zero attached hydrogens (tertiary/aromatic N) is 4. The summed E-state index contributed by atoms with van der Waals surface area (Å²) in [6, 6.07) is 8.73. The van der Waals surface area contributed by atoms with Crippen LogP contribution in [-0.2, 0) is 4.79 Å². The third kappa shape index (κ3) is 4.69. The second kappa shape index (κ2) is 8.45. The lowest BCUT2D eigenvalue weighted by Gasteiger charge is -2.29. The van der Waals surface area contributed by atoms with Crippen LogP contribution in [0, 0.1) is 5.92 Å². The maximum absolute atomic E-state index is 12.4. The molecule has 6 heteroatoms. The SMILES string of the molecule is CC1CCC(NC(=O)CN(C)C(C)c2ccc(-n3cncn3)cc2)CC1. The lowest BCUT2D eigenvalue weighted by atomic mass is 9.87. The molecule has 0 spiro atoms. The summed E-state index contributed by atoms with van der Waals surface area (Å²) in [4.78, 5) is 18.4. The van der Waals surface area contributed by atoms with Gasteiger partial charge in [-0.05, 0) is 63.3 Å². The fraction of sp³-hybridized carbons (Fsp3) is 0.550. The molecular weight excluding hydrogens is 326 g/mol. The molecule has 1 unspecified atom stereocenters. The van der Waals surface area contributed by atoms with Crippen LogP contribution < -0.4 is 5.32 Å². The van der Waals surface area contributed by atoms with E-state index in [4.69, 9.17) is 0 Å². The highest BCUT2D eigenvalue weighted by molar-refractivity contribution is 5.78. The largest absolute Gasteiger partial charge is 0.352 e. The van der Waals surface area contributed by atoms with E-state index in [1.54, 1.807) is 11.0 Å². The zero-order valence-electron chi connectivity index (χ0n) is 15.9. The average molecular weight is 355 g/mol. The molecule has 3 rings (SSSR count). The van der Waals surface area contributed by atoms with Crippen molar-refractivity contribution >= 4 is 5.91 Å². The molecule has 140 valence electrons. The molecule has 0 bridgehead atoms. The van der Waals surface area contributed by atoms with Crippen molar-refractivity contribution in [3.05, 3.63) is 42.5 Å². The van der Waals surface area contributed by atoms with Crippen LogP contribution in [0.4, 0.5) is 0 Å². The molecule has 1 N–H and O–H groups in total. The molecule has 1 atom stereocenters. The van der Waals surface area contributed by atoms with E-state index in [0.29, 0.717) is 12.6 Å². The number of amides is 1. The second-order valence-electron chi connectivity index (χ2n) is 7.55. The number of hydrogen-bond donors (Lipinski definition) is 1. The number of rotatable bonds is 6. The summed E-state index contributed by atoms with van der Waals surface area (Å²) < 4.78 is 1.73. The number of benzene rings is 1. The van der Waals surface area contributed by atoms with Crippen molar-refractivity contribution < 1.29 is 4.79 Å². The number of aromatic nitrogens is 3. The molecule has 0 radical (unpaired) electrons. The molecule has 1 aromatic heterocycles. The molecule has 1 amide bonds. The fourth-order valence-electron chi connectivity index (χ4n) is 3.54. The van der Waals surface area contributed by atoms with Gasteiger partial charge in [-0.1, -0.05) is 19.1 Å². The Morgan fingerprint density at radius 1 is 1.27 bits per heavy atom. The first kappa shape index (κ1) is 18.6. The third-order valence-corrected chi connectivity index (χ3v) is 5.49. The van der Waals surface area contributed by atoms with E-state index in [1.165, 1.54) is 24.7 Å². The molecule has 1 fully saturated rings. The minimum absolute atomic E-state index is 0.123. The molecule has 26 heavy (non-hydrogen) atoms. The number of carbonyl (C=O) groups is 1. The van der Waals surface area contributed by atoms with E-state index in [-0.39, 0.29) is 11.9 Å². The minimum Gasteiger partial charge on any atom is -0.352 e. The minimum atomic E-state index is 0.123. The summed E-state index contributed by atoms with van der Waals surface area (Å²) in [6.45, 7) is 4.83. The van der Waals surface area contributed by atoms with Gasteiger partial charge in [0.15, 0.2) is 0 Å². The van der Waals surface area contributed by atoms with E-state index in [1.807, 2.05) is 19.2 Å². The van der Waals surface area contributed by atoms with Crippen LogP contribution in [0.15, 0.2) is 36.9 Å². The van der Waals surface area contributed by atoms with E-state index < -0.39 is 0 Å². The first-order chi connectivity index (χ1) is 12.5. The highest BCUT2D eigenvalue weighted by atomic mass is 16.2. The van der Waals surface area contributed by atoms with Gasteiger partial charge in [-0.2, -0.15) is 5.10 Å². The Hall–Kier alpha value is -2.21. The highest BCUT2D eigenvalue weighted by Gasteiger charge is 2.21. The molecule has 0 aliphatic heterocycles. The highest BCUT2D eigenvalue weighted by Crippen LogP contribution is 2.24. The van der Waals surface area contributed by atoms with Crippen molar-refractivity contribution in [2.24, 2.45) is 5.92 Å². The van der Waals surface area contributed by atoms with Gasteiger partial charge < -0.3 is 5.32 Å². The van der Waals surface area contributed by atoms with Crippen molar-refractivity contribution in [2.45, 2.75) is 51.6 Å².